The van der Waals surface area contributed by atoms with Crippen LogP contribution in [-0.4, -0.2) is 12.3 Å². The standard InChI is InChI=1S/C8H5FO2/c9-8(11)7-3-1-2-6(4-7)5-10/h1-5H. The number of benzene rings is 1. The van der Waals surface area contributed by atoms with Gasteiger partial charge in [0, 0.05) is 5.56 Å². The monoisotopic (exact) mass is 152 g/mol. The number of hydrogen-bond acceptors (Lipinski definition) is 2. The van der Waals surface area contributed by atoms with E-state index in [1.807, 2.05) is 0 Å². The van der Waals surface area contributed by atoms with Crippen LogP contribution in [0.1, 0.15) is 20.7 Å². The van der Waals surface area contributed by atoms with E-state index in [0.29, 0.717) is 11.8 Å². The van der Waals surface area contributed by atoms with Gasteiger partial charge in [-0.1, -0.05) is 12.1 Å². The van der Waals surface area contributed by atoms with Crippen molar-refractivity contribution in [2.24, 2.45) is 0 Å². The third-order valence-corrected chi connectivity index (χ3v) is 1.25. The SMILES string of the molecule is O=Cc1cccc(C(=O)F)c1. The smallest absolute Gasteiger partial charge is 0.298 e. The van der Waals surface area contributed by atoms with Crippen LogP contribution in [0.25, 0.3) is 0 Å². The number of carbonyl (C=O) groups is 2. The first-order valence-corrected chi connectivity index (χ1v) is 2.99. The van der Waals surface area contributed by atoms with Gasteiger partial charge in [-0.05, 0) is 12.1 Å². The minimum Gasteiger partial charge on any atom is -0.298 e. The van der Waals surface area contributed by atoms with E-state index in [2.05, 4.69) is 0 Å². The molecule has 0 spiro atoms. The van der Waals surface area contributed by atoms with Crippen molar-refractivity contribution in [3.8, 4) is 0 Å². The summed E-state index contributed by atoms with van der Waals surface area (Å²) >= 11 is 0. The number of aldehydes is 1. The van der Waals surface area contributed by atoms with Crippen LogP contribution in [0.4, 0.5) is 4.39 Å². The summed E-state index contributed by atoms with van der Waals surface area (Å²) in [7, 11) is 0. The fraction of sp³-hybridized carbons (Fsp3) is 0. The Balaban J connectivity index is 3.10. The Bertz CT molecular complexity index is 294. The fourth-order valence-corrected chi connectivity index (χ4v) is 0.734. The van der Waals surface area contributed by atoms with E-state index >= 15 is 0 Å². The third-order valence-electron chi connectivity index (χ3n) is 1.25. The summed E-state index contributed by atoms with van der Waals surface area (Å²) in [6.45, 7) is 0. The van der Waals surface area contributed by atoms with E-state index in [1.165, 1.54) is 24.3 Å². The van der Waals surface area contributed by atoms with Crippen LogP contribution in [0.2, 0.25) is 0 Å². The second-order valence-electron chi connectivity index (χ2n) is 2.02. The van der Waals surface area contributed by atoms with Crippen molar-refractivity contribution in [3.63, 3.8) is 0 Å². The molecule has 0 aliphatic rings. The lowest BCUT2D eigenvalue weighted by Gasteiger charge is -1.91. The summed E-state index contributed by atoms with van der Waals surface area (Å²) in [4.78, 5) is 20.3. The molecular weight excluding hydrogens is 147 g/mol. The molecule has 1 aromatic carbocycles. The van der Waals surface area contributed by atoms with Crippen LogP contribution < -0.4 is 0 Å². The molecule has 3 heteroatoms. The quantitative estimate of drug-likeness (QED) is 0.476. The molecule has 56 valence electrons. The normalized spacial score (nSPS) is 9.18. The maximum atomic E-state index is 12.0. The maximum Gasteiger partial charge on any atom is 0.332 e. The second-order valence-corrected chi connectivity index (χ2v) is 2.02. The highest BCUT2D eigenvalue weighted by molar-refractivity contribution is 5.90. The van der Waals surface area contributed by atoms with E-state index in [4.69, 9.17) is 0 Å². The average Bonchev–Trinajstić information content (AvgIpc) is 2.05. The van der Waals surface area contributed by atoms with Crippen molar-refractivity contribution in [1.82, 2.24) is 0 Å². The van der Waals surface area contributed by atoms with E-state index < -0.39 is 6.04 Å². The van der Waals surface area contributed by atoms with Crippen LogP contribution in [0.15, 0.2) is 24.3 Å². The van der Waals surface area contributed by atoms with Gasteiger partial charge in [-0.3, -0.25) is 9.59 Å². The van der Waals surface area contributed by atoms with Crippen LogP contribution in [0, 0.1) is 0 Å². The summed E-state index contributed by atoms with van der Waals surface area (Å²) in [5.74, 6) is 0. The summed E-state index contributed by atoms with van der Waals surface area (Å²) in [5, 5.41) is 0. The Morgan fingerprint density at radius 2 is 2.18 bits per heavy atom. The topological polar surface area (TPSA) is 34.1 Å². The van der Waals surface area contributed by atoms with Crippen LogP contribution in [0.5, 0.6) is 0 Å². The van der Waals surface area contributed by atoms with E-state index in [0.717, 1.165) is 0 Å². The molecule has 0 aliphatic carbocycles. The zero-order valence-electron chi connectivity index (χ0n) is 5.58. The van der Waals surface area contributed by atoms with Gasteiger partial charge in [0.15, 0.2) is 0 Å². The van der Waals surface area contributed by atoms with E-state index in [1.54, 1.807) is 0 Å². The maximum absolute atomic E-state index is 12.0. The second kappa shape index (κ2) is 3.05. The molecule has 0 saturated heterocycles. The Kier molecular flexibility index (Phi) is 2.11. The highest BCUT2D eigenvalue weighted by Gasteiger charge is 2.02. The van der Waals surface area contributed by atoms with Gasteiger partial charge in [0.25, 0.3) is 0 Å². The number of carbonyl (C=O) groups excluding carboxylic acids is 2. The Labute approximate surface area is 62.6 Å². The minimum atomic E-state index is -1.52. The zero-order valence-corrected chi connectivity index (χ0v) is 5.58. The molecule has 1 aromatic rings. The molecule has 0 N–H and O–H groups in total. The summed E-state index contributed by atoms with van der Waals surface area (Å²) in [6.07, 6.45) is 0.562. The zero-order chi connectivity index (χ0) is 8.27. The molecule has 0 unspecified atom stereocenters. The average molecular weight is 152 g/mol. The molecule has 0 atom stereocenters. The van der Waals surface area contributed by atoms with Crippen molar-refractivity contribution < 1.29 is 14.0 Å². The molecular formula is C8H5FO2. The molecule has 0 heterocycles. The van der Waals surface area contributed by atoms with Gasteiger partial charge < -0.3 is 0 Å². The molecule has 2 nitrogen and oxygen atoms in total. The van der Waals surface area contributed by atoms with Crippen molar-refractivity contribution in [2.75, 3.05) is 0 Å². The highest BCUT2D eigenvalue weighted by atomic mass is 19.1. The van der Waals surface area contributed by atoms with Crippen LogP contribution >= 0.6 is 0 Å². The molecule has 0 aromatic heterocycles. The van der Waals surface area contributed by atoms with Gasteiger partial charge in [-0.2, -0.15) is 4.39 Å². The molecule has 0 fully saturated rings. The lowest BCUT2D eigenvalue weighted by molar-refractivity contribution is 0.0836. The molecule has 0 saturated carbocycles. The predicted molar refractivity (Wildman–Crippen MR) is 37.3 cm³/mol. The highest BCUT2D eigenvalue weighted by Crippen LogP contribution is 2.04. The summed E-state index contributed by atoms with van der Waals surface area (Å²) in [5.41, 5.74) is 0.211. The molecule has 0 bridgehead atoms. The number of hydrogen-bond donors (Lipinski definition) is 0. The van der Waals surface area contributed by atoms with E-state index in [9.17, 15) is 14.0 Å². The number of rotatable bonds is 2. The van der Waals surface area contributed by atoms with Gasteiger partial charge in [0.2, 0.25) is 0 Å². The lowest BCUT2D eigenvalue weighted by atomic mass is 10.1. The van der Waals surface area contributed by atoms with Gasteiger partial charge >= 0.3 is 6.04 Å². The van der Waals surface area contributed by atoms with Gasteiger partial charge in [-0.25, -0.2) is 0 Å². The van der Waals surface area contributed by atoms with Crippen molar-refractivity contribution in [1.29, 1.82) is 0 Å². The first-order chi connectivity index (χ1) is 5.24. The summed E-state index contributed by atoms with van der Waals surface area (Å²) in [6, 6.07) is 3.95. The van der Waals surface area contributed by atoms with Gasteiger partial charge in [0.05, 0.1) is 5.56 Å². The van der Waals surface area contributed by atoms with Crippen molar-refractivity contribution >= 4 is 12.3 Å². The van der Waals surface area contributed by atoms with Gasteiger partial charge in [0.1, 0.15) is 6.29 Å². The Morgan fingerprint density at radius 3 is 2.73 bits per heavy atom. The molecule has 0 radical (unpaired) electrons. The van der Waals surface area contributed by atoms with E-state index in [-0.39, 0.29) is 5.56 Å². The third kappa shape index (κ3) is 1.70. The van der Waals surface area contributed by atoms with Crippen LogP contribution in [0.3, 0.4) is 0 Å². The minimum absolute atomic E-state index is 0.0883. The molecule has 11 heavy (non-hydrogen) atoms. The molecule has 1 rings (SSSR count). The summed E-state index contributed by atoms with van der Waals surface area (Å²) < 4.78 is 12.0. The molecule has 0 amide bonds. The first kappa shape index (κ1) is 7.60. The van der Waals surface area contributed by atoms with Gasteiger partial charge in [-0.15, -0.1) is 0 Å². The van der Waals surface area contributed by atoms with Crippen LogP contribution in [-0.2, 0) is 0 Å². The number of halogens is 1. The Hall–Kier alpha value is -1.51. The van der Waals surface area contributed by atoms with Crippen molar-refractivity contribution in [3.05, 3.63) is 35.4 Å². The Morgan fingerprint density at radius 1 is 1.45 bits per heavy atom. The molecule has 0 aliphatic heterocycles. The fourth-order valence-electron chi connectivity index (χ4n) is 0.734. The lowest BCUT2D eigenvalue weighted by Crippen LogP contribution is -1.90. The van der Waals surface area contributed by atoms with Crippen molar-refractivity contribution in [2.45, 2.75) is 0 Å². The first-order valence-electron chi connectivity index (χ1n) is 2.99. The predicted octanol–water partition coefficient (Wildman–Crippen LogP) is 1.61. The largest absolute Gasteiger partial charge is 0.332 e.